The third-order valence-corrected chi connectivity index (χ3v) is 5.44. The highest BCUT2D eigenvalue weighted by Crippen LogP contribution is 2.33. The summed E-state index contributed by atoms with van der Waals surface area (Å²) in [5.74, 6) is -0.763. The van der Waals surface area contributed by atoms with Crippen LogP contribution in [-0.2, 0) is 4.79 Å². The molecular weight excluding hydrogens is 412 g/mol. The van der Waals surface area contributed by atoms with Crippen molar-refractivity contribution in [2.45, 2.75) is 25.7 Å². The minimum atomic E-state index is -0.763. The predicted octanol–water partition coefficient (Wildman–Crippen LogP) is 6.57. The van der Waals surface area contributed by atoms with Crippen LogP contribution in [0.5, 0.6) is 6.01 Å². The number of halogens is 1. The summed E-state index contributed by atoms with van der Waals surface area (Å²) in [6.07, 6.45) is 2.44. The molecule has 0 aliphatic rings. The Labute approximate surface area is 185 Å². The number of unbranched alkanes of at least 4 members (excludes halogenated alkanes) is 2. The third kappa shape index (κ3) is 5.25. The van der Waals surface area contributed by atoms with Crippen LogP contribution in [0.4, 0.5) is 0 Å². The number of nitrogens with one attached hydrogen (secondary N) is 1. The van der Waals surface area contributed by atoms with E-state index in [1.165, 1.54) is 5.56 Å². The van der Waals surface area contributed by atoms with Crippen molar-refractivity contribution >= 4 is 28.6 Å². The van der Waals surface area contributed by atoms with Crippen LogP contribution < -0.4 is 4.74 Å². The summed E-state index contributed by atoms with van der Waals surface area (Å²) in [6, 6.07) is 22.8. The highest BCUT2D eigenvalue weighted by molar-refractivity contribution is 6.34. The van der Waals surface area contributed by atoms with E-state index >= 15 is 0 Å². The van der Waals surface area contributed by atoms with Crippen LogP contribution in [0.1, 0.15) is 25.7 Å². The number of rotatable bonds is 9. The number of nitrogens with zero attached hydrogens (tertiary/aromatic N) is 1. The fraction of sp³-hybridized carbons (Fsp3) is 0.200. The van der Waals surface area contributed by atoms with Crippen molar-refractivity contribution in [3.05, 3.63) is 71.8 Å². The van der Waals surface area contributed by atoms with Gasteiger partial charge >= 0.3 is 5.97 Å². The number of fused-ring (bicyclic) bond motifs is 1. The molecule has 158 valence electrons. The van der Waals surface area contributed by atoms with E-state index in [0.29, 0.717) is 24.1 Å². The number of hydrogen-bond acceptors (Lipinski definition) is 3. The van der Waals surface area contributed by atoms with E-state index in [1.807, 2.05) is 30.3 Å². The zero-order chi connectivity index (χ0) is 21.6. The molecule has 0 spiro atoms. The van der Waals surface area contributed by atoms with Crippen molar-refractivity contribution < 1.29 is 14.6 Å². The number of hydrogen-bond donors (Lipinski definition) is 2. The summed E-state index contributed by atoms with van der Waals surface area (Å²) in [5.41, 5.74) is 5.87. The summed E-state index contributed by atoms with van der Waals surface area (Å²) in [6.45, 7) is 0.487. The molecule has 1 aromatic heterocycles. The highest BCUT2D eigenvalue weighted by Gasteiger charge is 2.11. The molecule has 0 aliphatic heterocycles. The lowest BCUT2D eigenvalue weighted by molar-refractivity contribution is -0.137. The maximum absolute atomic E-state index is 10.5. The van der Waals surface area contributed by atoms with Gasteiger partial charge in [-0.3, -0.25) is 4.79 Å². The molecule has 0 amide bonds. The molecule has 4 aromatic rings. The van der Waals surface area contributed by atoms with Gasteiger partial charge in [0, 0.05) is 12.0 Å². The standard InChI is InChI=1S/C25H23ClN2O3/c26-21-16-23-22(27-25(28-23)31-14-6-2-5-9-24(29)30)15-20(21)19-12-10-18(11-13-19)17-7-3-1-4-8-17/h1,3-4,7-8,10-13,15-16H,2,5-6,9,14H2,(H,27,28)(H,29,30). The Kier molecular flexibility index (Phi) is 6.53. The Hall–Kier alpha value is -3.31. The summed E-state index contributed by atoms with van der Waals surface area (Å²) < 4.78 is 5.69. The minimum absolute atomic E-state index is 0.193. The number of aromatic amines is 1. The number of H-pyrrole nitrogens is 1. The molecule has 4 rings (SSSR count). The van der Waals surface area contributed by atoms with Crippen molar-refractivity contribution in [3.8, 4) is 28.3 Å². The molecule has 0 fully saturated rings. The second-order valence-electron chi connectivity index (χ2n) is 7.39. The average molecular weight is 435 g/mol. The first kappa shape index (κ1) is 20.9. The lowest BCUT2D eigenvalue weighted by atomic mass is 10.00. The van der Waals surface area contributed by atoms with E-state index in [0.717, 1.165) is 40.6 Å². The Morgan fingerprint density at radius 2 is 1.65 bits per heavy atom. The molecule has 0 bridgehead atoms. The molecule has 5 nitrogen and oxygen atoms in total. The lowest BCUT2D eigenvalue weighted by Crippen LogP contribution is -2.00. The van der Waals surface area contributed by atoms with Gasteiger partial charge in [0.15, 0.2) is 0 Å². The highest BCUT2D eigenvalue weighted by atomic mass is 35.5. The number of ether oxygens (including phenoxy) is 1. The quantitative estimate of drug-likeness (QED) is 0.292. The van der Waals surface area contributed by atoms with E-state index in [-0.39, 0.29) is 6.42 Å². The summed E-state index contributed by atoms with van der Waals surface area (Å²) in [7, 11) is 0. The van der Waals surface area contributed by atoms with Gasteiger partial charge in [-0.25, -0.2) is 0 Å². The summed E-state index contributed by atoms with van der Waals surface area (Å²) in [4.78, 5) is 18.2. The molecule has 0 atom stereocenters. The van der Waals surface area contributed by atoms with E-state index in [1.54, 1.807) is 0 Å². The Bertz CT molecular complexity index is 1170. The maximum atomic E-state index is 10.5. The number of carboxylic acids is 1. The van der Waals surface area contributed by atoms with Gasteiger partial charge in [0.05, 0.1) is 22.7 Å². The fourth-order valence-electron chi connectivity index (χ4n) is 3.49. The van der Waals surface area contributed by atoms with Crippen LogP contribution in [0.2, 0.25) is 5.02 Å². The largest absolute Gasteiger partial charge is 0.481 e. The maximum Gasteiger partial charge on any atom is 0.303 e. The number of imidazole rings is 1. The van der Waals surface area contributed by atoms with Crippen LogP contribution in [0.3, 0.4) is 0 Å². The molecule has 0 saturated heterocycles. The third-order valence-electron chi connectivity index (χ3n) is 5.13. The van der Waals surface area contributed by atoms with Gasteiger partial charge in [-0.15, -0.1) is 0 Å². The number of aliphatic carboxylic acids is 1. The van der Waals surface area contributed by atoms with Crippen molar-refractivity contribution in [2.75, 3.05) is 6.61 Å². The lowest BCUT2D eigenvalue weighted by Gasteiger charge is -2.07. The molecule has 1 heterocycles. The molecule has 0 unspecified atom stereocenters. The number of carbonyl (C=O) groups is 1. The summed E-state index contributed by atoms with van der Waals surface area (Å²) in [5, 5.41) is 9.31. The molecule has 6 heteroatoms. The monoisotopic (exact) mass is 434 g/mol. The first-order valence-electron chi connectivity index (χ1n) is 10.3. The predicted molar refractivity (Wildman–Crippen MR) is 124 cm³/mol. The van der Waals surface area contributed by atoms with Gasteiger partial charge in [0.2, 0.25) is 0 Å². The van der Waals surface area contributed by atoms with Gasteiger partial charge in [0.25, 0.3) is 6.01 Å². The second-order valence-corrected chi connectivity index (χ2v) is 7.79. The van der Waals surface area contributed by atoms with Gasteiger partial charge in [-0.05, 0) is 48.1 Å². The van der Waals surface area contributed by atoms with Gasteiger partial charge in [0.1, 0.15) is 0 Å². The Morgan fingerprint density at radius 3 is 2.39 bits per heavy atom. The second kappa shape index (κ2) is 9.67. The SMILES string of the molecule is O=C(O)CCCCCOc1nc2cc(-c3ccc(-c4ccccc4)cc3)c(Cl)cc2[nH]1. The topological polar surface area (TPSA) is 75.2 Å². The molecule has 3 aromatic carbocycles. The average Bonchev–Trinajstić information content (AvgIpc) is 3.17. The van der Waals surface area contributed by atoms with Crippen LogP contribution in [0.15, 0.2) is 66.7 Å². The van der Waals surface area contributed by atoms with Crippen molar-refractivity contribution in [1.29, 1.82) is 0 Å². The van der Waals surface area contributed by atoms with Gasteiger partial charge < -0.3 is 14.8 Å². The van der Waals surface area contributed by atoms with Crippen LogP contribution in [0.25, 0.3) is 33.3 Å². The Balaban J connectivity index is 1.45. The number of carboxylic acid groups (broad SMARTS) is 1. The zero-order valence-electron chi connectivity index (χ0n) is 17.0. The van der Waals surface area contributed by atoms with E-state index in [2.05, 4.69) is 46.4 Å². The van der Waals surface area contributed by atoms with Gasteiger partial charge in [-0.1, -0.05) is 66.2 Å². The van der Waals surface area contributed by atoms with E-state index in [4.69, 9.17) is 21.4 Å². The molecular formula is C25H23ClN2O3. The Morgan fingerprint density at radius 1 is 0.935 bits per heavy atom. The number of benzene rings is 3. The number of aromatic nitrogens is 2. The van der Waals surface area contributed by atoms with Crippen LogP contribution >= 0.6 is 11.6 Å². The van der Waals surface area contributed by atoms with Crippen molar-refractivity contribution in [1.82, 2.24) is 9.97 Å². The van der Waals surface area contributed by atoms with Crippen LogP contribution in [0, 0.1) is 0 Å². The smallest absolute Gasteiger partial charge is 0.303 e. The van der Waals surface area contributed by atoms with E-state index < -0.39 is 5.97 Å². The molecule has 0 aliphatic carbocycles. The minimum Gasteiger partial charge on any atom is -0.481 e. The van der Waals surface area contributed by atoms with Crippen molar-refractivity contribution in [2.24, 2.45) is 0 Å². The fourth-order valence-corrected chi connectivity index (χ4v) is 3.77. The first-order valence-corrected chi connectivity index (χ1v) is 10.7. The first-order chi connectivity index (χ1) is 15.1. The van der Waals surface area contributed by atoms with Crippen molar-refractivity contribution in [3.63, 3.8) is 0 Å². The zero-order valence-corrected chi connectivity index (χ0v) is 17.7. The van der Waals surface area contributed by atoms with Gasteiger partial charge in [-0.2, -0.15) is 4.98 Å². The van der Waals surface area contributed by atoms with Crippen LogP contribution in [-0.4, -0.2) is 27.7 Å². The molecule has 31 heavy (non-hydrogen) atoms. The molecule has 2 N–H and O–H groups in total. The summed E-state index contributed by atoms with van der Waals surface area (Å²) >= 11 is 6.55. The normalized spacial score (nSPS) is 11.0. The van der Waals surface area contributed by atoms with E-state index in [9.17, 15) is 4.79 Å². The molecule has 0 saturated carbocycles. The molecule has 0 radical (unpaired) electrons.